The molecule has 1 aliphatic rings. The molecule has 2 N–H and O–H groups in total. The first-order valence-corrected chi connectivity index (χ1v) is 15.4. The van der Waals surface area contributed by atoms with Gasteiger partial charge in [-0.25, -0.2) is 4.99 Å². The van der Waals surface area contributed by atoms with Gasteiger partial charge >= 0.3 is 0 Å². The Morgan fingerprint density at radius 1 is 0.978 bits per heavy atom. The average Bonchev–Trinajstić information content (AvgIpc) is 3.48. The summed E-state index contributed by atoms with van der Waals surface area (Å²) < 4.78 is 18.1. The Balaban J connectivity index is 1.53. The fourth-order valence-corrected chi connectivity index (χ4v) is 5.48. The normalized spacial score (nSPS) is 16.9. The molecule has 0 radical (unpaired) electrons. The van der Waals surface area contributed by atoms with E-state index in [0.717, 1.165) is 16.9 Å². The van der Waals surface area contributed by atoms with E-state index in [1.54, 1.807) is 12.1 Å². The minimum absolute atomic E-state index is 0.0512. The highest BCUT2D eigenvalue weighted by Gasteiger charge is 2.53. The first-order valence-electron chi connectivity index (χ1n) is 15.4. The number of carbonyl (C=O) groups excluding carboxylic acids is 1. The van der Waals surface area contributed by atoms with Crippen LogP contribution in [0.25, 0.3) is 10.4 Å². The number of benzene rings is 4. The van der Waals surface area contributed by atoms with Crippen LogP contribution in [-0.4, -0.2) is 48.8 Å². The van der Waals surface area contributed by atoms with Crippen LogP contribution in [-0.2, 0) is 22.4 Å². The highest BCUT2D eigenvalue weighted by atomic mass is 16.5. The second-order valence-corrected chi connectivity index (χ2v) is 10.7. The van der Waals surface area contributed by atoms with Crippen LogP contribution in [0.1, 0.15) is 41.7 Å². The number of para-hydroxylation sites is 1. The molecule has 0 fully saturated rings. The number of aliphatic hydroxyl groups excluding tert-OH is 1. The zero-order valence-corrected chi connectivity index (χ0v) is 25.7. The lowest BCUT2D eigenvalue weighted by Gasteiger charge is -2.31. The third-order valence-corrected chi connectivity index (χ3v) is 7.69. The molecule has 0 aliphatic carbocycles. The number of carbonyl (C=O) groups is 1. The van der Waals surface area contributed by atoms with Gasteiger partial charge in [0.1, 0.15) is 11.5 Å². The van der Waals surface area contributed by atoms with E-state index in [1.165, 1.54) is 0 Å². The van der Waals surface area contributed by atoms with Crippen molar-refractivity contribution in [2.24, 2.45) is 10.1 Å². The van der Waals surface area contributed by atoms with Gasteiger partial charge in [-0.3, -0.25) is 4.79 Å². The molecule has 4 aromatic rings. The maximum absolute atomic E-state index is 14.5. The molecule has 10 nitrogen and oxygen atoms in total. The number of rotatable bonds is 15. The number of ether oxygens (including phenoxy) is 3. The van der Waals surface area contributed by atoms with Crippen molar-refractivity contribution in [3.05, 3.63) is 136 Å². The van der Waals surface area contributed by atoms with Gasteiger partial charge in [-0.15, -0.1) is 0 Å². The largest absolute Gasteiger partial charge is 0.494 e. The second-order valence-electron chi connectivity index (χ2n) is 10.7. The summed E-state index contributed by atoms with van der Waals surface area (Å²) in [6.45, 7) is 3.27. The molecular weight excluding hydrogens is 582 g/mol. The van der Waals surface area contributed by atoms with E-state index in [2.05, 4.69) is 15.3 Å². The molecule has 0 saturated carbocycles. The van der Waals surface area contributed by atoms with Crippen LogP contribution in [0, 0.1) is 0 Å². The van der Waals surface area contributed by atoms with Crippen LogP contribution in [0.4, 0.5) is 5.69 Å². The summed E-state index contributed by atoms with van der Waals surface area (Å²) in [4.78, 5) is 22.6. The quantitative estimate of drug-likeness (QED) is 0.0664. The number of aliphatic imine (C=N–C) groups is 1. The van der Waals surface area contributed by atoms with E-state index < -0.39 is 11.6 Å². The number of aliphatic hydroxyl groups is 1. The smallest absolute Gasteiger partial charge is 0.252 e. The zero-order valence-electron chi connectivity index (χ0n) is 25.7. The number of amides is 1. The highest BCUT2D eigenvalue weighted by Crippen LogP contribution is 2.43. The van der Waals surface area contributed by atoms with E-state index in [0.29, 0.717) is 61.1 Å². The summed E-state index contributed by atoms with van der Waals surface area (Å²) in [6.07, 6.45) is 0.426. The lowest BCUT2D eigenvalue weighted by molar-refractivity contribution is -0.128. The van der Waals surface area contributed by atoms with Gasteiger partial charge in [-0.05, 0) is 65.9 Å². The molecule has 0 spiro atoms. The Hall–Kier alpha value is -5.31. The number of nitrogens with zero attached hydrogens (tertiary/aromatic N) is 4. The van der Waals surface area contributed by atoms with Gasteiger partial charge in [0.05, 0.1) is 13.2 Å². The molecule has 0 unspecified atom stereocenters. The summed E-state index contributed by atoms with van der Waals surface area (Å²) in [6, 6.07) is 31.8. The van der Waals surface area contributed by atoms with Crippen molar-refractivity contribution in [3.8, 4) is 11.5 Å². The summed E-state index contributed by atoms with van der Waals surface area (Å²) in [7, 11) is 0. The third-order valence-electron chi connectivity index (χ3n) is 7.69. The highest BCUT2D eigenvalue weighted by molar-refractivity contribution is 6.01. The summed E-state index contributed by atoms with van der Waals surface area (Å²) in [5.41, 5.74) is 11.4. The maximum Gasteiger partial charge on any atom is 0.252 e. The van der Waals surface area contributed by atoms with Crippen LogP contribution < -0.4 is 14.8 Å². The van der Waals surface area contributed by atoms with Gasteiger partial charge in [0.15, 0.2) is 11.6 Å². The standard InChI is InChI=1S/C36H37N5O5/c1-2-44-32-16-9-7-11-26(32)21-22-38-35(43)36(25-29-14-6-8-15-31(29)40-41-37)33(27-12-4-3-5-13-27)46-34(39-36)28-17-19-30(20-18-28)45-24-10-23-42/h3-9,11-20,33,42H,2,10,21-25H2,1H3,(H,38,43)/t33-,36-/m1/s1. The fourth-order valence-electron chi connectivity index (χ4n) is 5.48. The summed E-state index contributed by atoms with van der Waals surface area (Å²) in [5.74, 6) is 1.43. The van der Waals surface area contributed by atoms with Gasteiger partial charge < -0.3 is 24.6 Å². The van der Waals surface area contributed by atoms with Crippen LogP contribution in [0.15, 0.2) is 113 Å². The van der Waals surface area contributed by atoms with E-state index in [-0.39, 0.29) is 18.9 Å². The number of azide groups is 1. The van der Waals surface area contributed by atoms with Crippen LogP contribution in [0.5, 0.6) is 11.5 Å². The topological polar surface area (TPSA) is 138 Å². The first kappa shape index (κ1) is 32.1. The van der Waals surface area contributed by atoms with Gasteiger partial charge in [0.2, 0.25) is 5.90 Å². The number of hydrogen-bond donors (Lipinski definition) is 2. The molecule has 1 aliphatic heterocycles. The summed E-state index contributed by atoms with van der Waals surface area (Å²) in [5, 5.41) is 16.1. The monoisotopic (exact) mass is 619 g/mol. The molecule has 46 heavy (non-hydrogen) atoms. The SMILES string of the molecule is CCOc1ccccc1CCNC(=O)[C@]1(Cc2ccccc2N=[N+]=[N-])N=C(c2ccc(OCCCO)cc2)O[C@@H]1c1ccccc1. The average molecular weight is 620 g/mol. The van der Waals surface area contributed by atoms with Crippen molar-refractivity contribution in [1.29, 1.82) is 0 Å². The molecule has 0 saturated heterocycles. The molecule has 2 atom stereocenters. The zero-order chi connectivity index (χ0) is 32.2. The molecule has 4 aromatic carbocycles. The summed E-state index contributed by atoms with van der Waals surface area (Å²) >= 11 is 0. The molecule has 0 bridgehead atoms. The first-order chi connectivity index (χ1) is 22.6. The molecule has 10 heteroatoms. The van der Waals surface area contributed by atoms with Crippen LogP contribution in [0.2, 0.25) is 0 Å². The van der Waals surface area contributed by atoms with Gasteiger partial charge in [0, 0.05) is 42.2 Å². The van der Waals surface area contributed by atoms with Crippen LogP contribution >= 0.6 is 0 Å². The minimum Gasteiger partial charge on any atom is -0.494 e. The fraction of sp³-hybridized carbons (Fsp3) is 0.278. The molecule has 236 valence electrons. The molecule has 1 amide bonds. The van der Waals surface area contributed by atoms with Gasteiger partial charge in [-0.2, -0.15) is 0 Å². The number of hydrogen-bond acceptors (Lipinski definition) is 7. The van der Waals surface area contributed by atoms with Crippen molar-refractivity contribution in [1.82, 2.24) is 5.32 Å². The molecule has 5 rings (SSSR count). The van der Waals surface area contributed by atoms with E-state index >= 15 is 0 Å². The number of nitrogens with one attached hydrogen (secondary N) is 1. The van der Waals surface area contributed by atoms with E-state index in [9.17, 15) is 10.3 Å². The van der Waals surface area contributed by atoms with Crippen molar-refractivity contribution in [3.63, 3.8) is 0 Å². The Kier molecular flexibility index (Phi) is 10.9. The Labute approximate surface area is 268 Å². The van der Waals surface area contributed by atoms with Crippen molar-refractivity contribution < 1.29 is 24.1 Å². The third kappa shape index (κ3) is 7.48. The molecule has 0 aromatic heterocycles. The van der Waals surface area contributed by atoms with Crippen molar-refractivity contribution in [2.75, 3.05) is 26.4 Å². The van der Waals surface area contributed by atoms with Gasteiger partial charge in [-0.1, -0.05) is 77.9 Å². The predicted molar refractivity (Wildman–Crippen MR) is 176 cm³/mol. The predicted octanol–water partition coefficient (Wildman–Crippen LogP) is 6.65. The lowest BCUT2D eigenvalue weighted by Crippen LogP contribution is -2.50. The Morgan fingerprint density at radius 2 is 1.70 bits per heavy atom. The van der Waals surface area contributed by atoms with Crippen molar-refractivity contribution >= 4 is 17.5 Å². The van der Waals surface area contributed by atoms with E-state index in [4.69, 9.17) is 24.3 Å². The van der Waals surface area contributed by atoms with Crippen molar-refractivity contribution in [2.45, 2.75) is 37.8 Å². The van der Waals surface area contributed by atoms with Gasteiger partial charge in [0.25, 0.3) is 5.91 Å². The van der Waals surface area contributed by atoms with E-state index in [1.807, 2.05) is 97.9 Å². The second kappa shape index (κ2) is 15.6. The lowest BCUT2D eigenvalue weighted by atomic mass is 9.81. The van der Waals surface area contributed by atoms with Crippen LogP contribution in [0.3, 0.4) is 0 Å². The maximum atomic E-state index is 14.5. The molecular formula is C36H37N5O5. The Bertz CT molecular complexity index is 1690. The minimum atomic E-state index is -1.44. The Morgan fingerprint density at radius 3 is 2.43 bits per heavy atom. The molecule has 1 heterocycles.